The molecule has 0 aliphatic heterocycles. The molecule has 8 heteroatoms. The molecule has 0 aliphatic carbocycles. The molecule has 1 amide bonds. The van der Waals surface area contributed by atoms with Crippen LogP contribution in [0.15, 0.2) is 83.8 Å². The molecule has 0 saturated heterocycles. The highest BCUT2D eigenvalue weighted by atomic mass is 32.2. The van der Waals surface area contributed by atoms with Crippen LogP contribution in [0.1, 0.15) is 24.1 Å². The van der Waals surface area contributed by atoms with Gasteiger partial charge in [0.15, 0.2) is 6.61 Å². The number of nitrogens with zero attached hydrogens (tertiary/aromatic N) is 1. The van der Waals surface area contributed by atoms with Gasteiger partial charge in [-0.3, -0.25) is 4.79 Å². The molecule has 0 aliphatic rings. The zero-order valence-corrected chi connectivity index (χ0v) is 19.7. The average molecular weight is 469 g/mol. The molecule has 3 rings (SSSR count). The topological polar surface area (TPSA) is 84.9 Å². The highest BCUT2D eigenvalue weighted by Gasteiger charge is 2.21. The van der Waals surface area contributed by atoms with Crippen LogP contribution < -0.4 is 14.8 Å². The van der Waals surface area contributed by atoms with E-state index >= 15 is 0 Å². The van der Waals surface area contributed by atoms with Gasteiger partial charge in [0.05, 0.1) is 18.0 Å². The molecular formula is C25H28N2O5S. The van der Waals surface area contributed by atoms with Gasteiger partial charge in [0, 0.05) is 13.6 Å². The van der Waals surface area contributed by atoms with Gasteiger partial charge in [-0.05, 0) is 54.4 Å². The van der Waals surface area contributed by atoms with Crippen molar-refractivity contribution in [2.24, 2.45) is 0 Å². The van der Waals surface area contributed by atoms with Gasteiger partial charge in [-0.2, -0.15) is 4.31 Å². The molecule has 3 aromatic rings. The maximum absolute atomic E-state index is 12.8. The fraction of sp³-hybridized carbons (Fsp3) is 0.240. The van der Waals surface area contributed by atoms with Gasteiger partial charge in [0.1, 0.15) is 11.5 Å². The molecule has 7 nitrogen and oxygen atoms in total. The standard InChI is InChI=1S/C25H28N2O5S/c1-19(21-9-11-22(31-3)12-10-21)26-25(28)18-32-23-13-15-24(16-14-23)33(29,30)27(2)17-20-7-5-4-6-8-20/h4-16,19H,17-18H2,1-3H3,(H,26,28)/t19-/m1/s1. The molecule has 174 valence electrons. The predicted octanol–water partition coefficient (Wildman–Crippen LogP) is 3.77. The molecule has 0 fully saturated rings. The van der Waals surface area contributed by atoms with Gasteiger partial charge in [-0.25, -0.2) is 8.42 Å². The van der Waals surface area contributed by atoms with E-state index in [9.17, 15) is 13.2 Å². The number of ether oxygens (including phenoxy) is 2. The monoisotopic (exact) mass is 468 g/mol. The summed E-state index contributed by atoms with van der Waals surface area (Å²) in [4.78, 5) is 12.4. The maximum Gasteiger partial charge on any atom is 0.258 e. The zero-order valence-electron chi connectivity index (χ0n) is 18.9. The number of hydrogen-bond acceptors (Lipinski definition) is 5. The summed E-state index contributed by atoms with van der Waals surface area (Å²) in [6, 6.07) is 22.7. The minimum Gasteiger partial charge on any atom is -0.497 e. The normalized spacial score (nSPS) is 12.2. The van der Waals surface area contributed by atoms with E-state index in [1.54, 1.807) is 26.3 Å². The minimum absolute atomic E-state index is 0.158. The lowest BCUT2D eigenvalue weighted by Crippen LogP contribution is -2.31. The number of nitrogens with one attached hydrogen (secondary N) is 1. The number of sulfonamides is 1. The summed E-state index contributed by atoms with van der Waals surface area (Å²) in [5, 5.41) is 2.87. The van der Waals surface area contributed by atoms with Crippen LogP contribution in [0.2, 0.25) is 0 Å². The van der Waals surface area contributed by atoms with E-state index in [4.69, 9.17) is 9.47 Å². The van der Waals surface area contributed by atoms with Crippen molar-refractivity contribution in [2.75, 3.05) is 20.8 Å². The van der Waals surface area contributed by atoms with Crippen molar-refractivity contribution in [3.05, 3.63) is 90.0 Å². The molecular weight excluding hydrogens is 440 g/mol. The van der Waals surface area contributed by atoms with Crippen molar-refractivity contribution in [1.82, 2.24) is 9.62 Å². The Hall–Kier alpha value is -3.36. The van der Waals surface area contributed by atoms with Crippen LogP contribution in [0.3, 0.4) is 0 Å². The van der Waals surface area contributed by atoms with E-state index < -0.39 is 10.0 Å². The Balaban J connectivity index is 1.53. The van der Waals surface area contributed by atoms with Crippen molar-refractivity contribution in [3.8, 4) is 11.5 Å². The van der Waals surface area contributed by atoms with Crippen LogP contribution >= 0.6 is 0 Å². The lowest BCUT2D eigenvalue weighted by molar-refractivity contribution is -0.123. The Bertz CT molecular complexity index is 1150. The fourth-order valence-corrected chi connectivity index (χ4v) is 4.38. The molecule has 0 heterocycles. The Morgan fingerprint density at radius 2 is 1.55 bits per heavy atom. The van der Waals surface area contributed by atoms with Gasteiger partial charge in [0.2, 0.25) is 10.0 Å². The van der Waals surface area contributed by atoms with Crippen molar-refractivity contribution < 1.29 is 22.7 Å². The first kappa shape index (κ1) is 24.3. The third kappa shape index (κ3) is 6.57. The van der Waals surface area contributed by atoms with Crippen molar-refractivity contribution in [3.63, 3.8) is 0 Å². The second-order valence-electron chi connectivity index (χ2n) is 7.57. The van der Waals surface area contributed by atoms with E-state index in [1.807, 2.05) is 61.5 Å². The smallest absolute Gasteiger partial charge is 0.258 e. The molecule has 0 unspecified atom stereocenters. The molecule has 0 aromatic heterocycles. The summed E-state index contributed by atoms with van der Waals surface area (Å²) in [6.45, 7) is 1.97. The summed E-state index contributed by atoms with van der Waals surface area (Å²) < 4.78 is 37.6. The zero-order chi connectivity index (χ0) is 23.8. The number of methoxy groups -OCH3 is 1. The SMILES string of the molecule is COc1ccc([C@@H](C)NC(=O)COc2ccc(S(=O)(=O)N(C)Cc3ccccc3)cc2)cc1. The number of benzene rings is 3. The lowest BCUT2D eigenvalue weighted by atomic mass is 10.1. The molecule has 1 N–H and O–H groups in total. The molecule has 33 heavy (non-hydrogen) atoms. The summed E-state index contributed by atoms with van der Waals surface area (Å²) >= 11 is 0. The summed E-state index contributed by atoms with van der Waals surface area (Å²) in [5.74, 6) is 0.877. The van der Waals surface area contributed by atoms with Crippen molar-refractivity contribution in [2.45, 2.75) is 24.4 Å². The van der Waals surface area contributed by atoms with E-state index in [0.717, 1.165) is 16.9 Å². The van der Waals surface area contributed by atoms with Crippen LogP contribution in [0, 0.1) is 0 Å². The molecule has 3 aromatic carbocycles. The van der Waals surface area contributed by atoms with Gasteiger partial charge >= 0.3 is 0 Å². The quantitative estimate of drug-likeness (QED) is 0.490. The Morgan fingerprint density at radius 3 is 2.15 bits per heavy atom. The van der Waals surface area contributed by atoms with E-state index in [-0.39, 0.29) is 30.0 Å². The first-order valence-corrected chi connectivity index (χ1v) is 11.9. The highest BCUT2D eigenvalue weighted by Crippen LogP contribution is 2.21. The third-order valence-corrected chi connectivity index (χ3v) is 6.96. The number of amides is 1. The highest BCUT2D eigenvalue weighted by molar-refractivity contribution is 7.89. The Labute approximate surface area is 195 Å². The summed E-state index contributed by atoms with van der Waals surface area (Å²) in [6.07, 6.45) is 0. The van der Waals surface area contributed by atoms with Gasteiger partial charge in [0.25, 0.3) is 5.91 Å². The van der Waals surface area contributed by atoms with E-state index in [2.05, 4.69) is 5.32 Å². The van der Waals surface area contributed by atoms with E-state index in [1.165, 1.54) is 16.4 Å². The van der Waals surface area contributed by atoms with Crippen LogP contribution in [-0.4, -0.2) is 39.4 Å². The van der Waals surface area contributed by atoms with Crippen LogP contribution in [0.4, 0.5) is 0 Å². The van der Waals surface area contributed by atoms with Crippen LogP contribution in [0.5, 0.6) is 11.5 Å². The number of hydrogen-bond donors (Lipinski definition) is 1. The molecule has 0 saturated carbocycles. The summed E-state index contributed by atoms with van der Waals surface area (Å²) in [7, 11) is -0.505. The van der Waals surface area contributed by atoms with Crippen molar-refractivity contribution >= 4 is 15.9 Å². The van der Waals surface area contributed by atoms with Gasteiger partial charge in [-0.1, -0.05) is 42.5 Å². The second-order valence-corrected chi connectivity index (χ2v) is 9.61. The molecule has 1 atom stereocenters. The minimum atomic E-state index is -3.65. The van der Waals surface area contributed by atoms with Crippen LogP contribution in [-0.2, 0) is 21.4 Å². The second kappa shape index (κ2) is 11.0. The average Bonchev–Trinajstić information content (AvgIpc) is 2.83. The van der Waals surface area contributed by atoms with Gasteiger partial charge < -0.3 is 14.8 Å². The number of carbonyl (C=O) groups excluding carboxylic acids is 1. The number of rotatable bonds is 10. The lowest BCUT2D eigenvalue weighted by Gasteiger charge is -2.18. The van der Waals surface area contributed by atoms with Crippen molar-refractivity contribution in [1.29, 1.82) is 0 Å². The first-order chi connectivity index (χ1) is 15.8. The van der Waals surface area contributed by atoms with E-state index in [0.29, 0.717) is 5.75 Å². The largest absolute Gasteiger partial charge is 0.497 e. The predicted molar refractivity (Wildman–Crippen MR) is 127 cm³/mol. The Kier molecular flexibility index (Phi) is 8.08. The molecule has 0 spiro atoms. The first-order valence-electron chi connectivity index (χ1n) is 10.5. The third-order valence-electron chi connectivity index (χ3n) is 5.14. The molecule has 0 bridgehead atoms. The van der Waals surface area contributed by atoms with Gasteiger partial charge in [-0.15, -0.1) is 0 Å². The number of carbonyl (C=O) groups is 1. The maximum atomic E-state index is 12.8. The molecule has 0 radical (unpaired) electrons. The fourth-order valence-electron chi connectivity index (χ4n) is 3.22. The Morgan fingerprint density at radius 1 is 0.939 bits per heavy atom. The summed E-state index contributed by atoms with van der Waals surface area (Å²) in [5.41, 5.74) is 1.84. The van der Waals surface area contributed by atoms with Crippen LogP contribution in [0.25, 0.3) is 0 Å².